The molecule has 9 N–H and O–H groups in total. The van der Waals surface area contributed by atoms with E-state index in [1.54, 1.807) is 6.08 Å². The number of aliphatic hydroxyl groups is 8. The summed E-state index contributed by atoms with van der Waals surface area (Å²) in [7, 11) is 0. The summed E-state index contributed by atoms with van der Waals surface area (Å²) in [5.41, 5.74) is 0. The van der Waals surface area contributed by atoms with Crippen molar-refractivity contribution in [3.63, 3.8) is 0 Å². The Balaban J connectivity index is 1.89. The maximum Gasteiger partial charge on any atom is 0.220 e. The smallest absolute Gasteiger partial charge is 0.220 e. The lowest BCUT2D eigenvalue weighted by Crippen LogP contribution is -2.65. The third-order valence-electron chi connectivity index (χ3n) is 10.1. The Morgan fingerprint density at radius 3 is 1.78 bits per heavy atom. The van der Waals surface area contributed by atoms with E-state index in [4.69, 9.17) is 18.9 Å². The molecule has 2 heterocycles. The van der Waals surface area contributed by atoms with Crippen LogP contribution < -0.4 is 5.32 Å². The molecule has 2 aliphatic heterocycles. The highest BCUT2D eigenvalue weighted by molar-refractivity contribution is 5.76. The molecule has 2 aliphatic rings. The van der Waals surface area contributed by atoms with Crippen molar-refractivity contribution in [1.29, 1.82) is 0 Å². The molecule has 316 valence electrons. The van der Waals surface area contributed by atoms with E-state index >= 15 is 0 Å². The second-order valence-corrected chi connectivity index (χ2v) is 14.8. The first-order chi connectivity index (χ1) is 26.1. The zero-order chi connectivity index (χ0) is 39.7. The van der Waals surface area contributed by atoms with Crippen molar-refractivity contribution < 1.29 is 64.6 Å². The van der Waals surface area contributed by atoms with Gasteiger partial charge in [0.1, 0.15) is 48.8 Å². The number of rotatable bonds is 29. The minimum Gasteiger partial charge on any atom is -0.394 e. The molecule has 1 amide bonds. The van der Waals surface area contributed by atoms with Crippen molar-refractivity contribution in [1.82, 2.24) is 5.32 Å². The van der Waals surface area contributed by atoms with Gasteiger partial charge in [-0.1, -0.05) is 102 Å². The van der Waals surface area contributed by atoms with Crippen LogP contribution in [0.25, 0.3) is 0 Å². The van der Waals surface area contributed by atoms with Crippen molar-refractivity contribution in [3.05, 3.63) is 24.3 Å². The van der Waals surface area contributed by atoms with E-state index < -0.39 is 86.8 Å². The number of allylic oxidation sites excluding steroid dienone is 3. The molecule has 2 rings (SSSR count). The van der Waals surface area contributed by atoms with Crippen molar-refractivity contribution in [2.45, 2.75) is 203 Å². The Labute approximate surface area is 322 Å². The maximum absolute atomic E-state index is 13.0. The van der Waals surface area contributed by atoms with Gasteiger partial charge in [-0.25, -0.2) is 0 Å². The topological polar surface area (TPSA) is 228 Å². The molecule has 0 aliphatic carbocycles. The zero-order valence-electron chi connectivity index (χ0n) is 32.7. The second-order valence-electron chi connectivity index (χ2n) is 14.8. The van der Waals surface area contributed by atoms with Gasteiger partial charge in [-0.05, 0) is 44.9 Å². The van der Waals surface area contributed by atoms with Crippen LogP contribution in [0.4, 0.5) is 0 Å². The third kappa shape index (κ3) is 17.7. The van der Waals surface area contributed by atoms with Crippen LogP contribution in [-0.2, 0) is 23.7 Å². The zero-order valence-corrected chi connectivity index (χ0v) is 32.7. The normalized spacial score (nSPS) is 30.3. The van der Waals surface area contributed by atoms with Crippen LogP contribution in [0.5, 0.6) is 0 Å². The van der Waals surface area contributed by atoms with Crippen LogP contribution in [0.15, 0.2) is 24.3 Å². The summed E-state index contributed by atoms with van der Waals surface area (Å²) in [5, 5.41) is 85.9. The molecule has 0 aromatic carbocycles. The number of aliphatic hydroxyl groups excluding tert-OH is 8. The number of carbonyl (C=O) groups excluding carboxylic acids is 1. The summed E-state index contributed by atoms with van der Waals surface area (Å²) in [6.45, 7) is 2.64. The molecule has 0 aromatic heterocycles. The van der Waals surface area contributed by atoms with E-state index in [1.807, 2.05) is 6.08 Å². The van der Waals surface area contributed by atoms with Crippen molar-refractivity contribution >= 4 is 5.91 Å². The molecule has 0 saturated carbocycles. The fourth-order valence-corrected chi connectivity index (χ4v) is 6.63. The van der Waals surface area contributed by atoms with Crippen molar-refractivity contribution in [2.75, 3.05) is 19.8 Å². The average Bonchev–Trinajstić information content (AvgIpc) is 3.17. The standard InChI is InChI=1S/C40H73NO13/c1-3-5-7-9-11-12-13-14-15-16-17-18-20-22-24-32(45)41-28(29(44)23-21-19-10-8-6-4-2)27-51-39-37(50)35(48)38(31(26-43)53-39)54-40-36(49)34(47)33(46)30(25-42)52-40/h13-14,21,23,28-31,33-40,42-44,46-50H,3-12,15-20,22,24-27H2,1-2H3,(H,41,45)/b14-13-,23-21+. The first-order valence-electron chi connectivity index (χ1n) is 20.6. The van der Waals surface area contributed by atoms with Crippen molar-refractivity contribution in [3.8, 4) is 0 Å². The quantitative estimate of drug-likeness (QED) is 0.0394. The van der Waals surface area contributed by atoms with E-state index in [2.05, 4.69) is 31.3 Å². The lowest BCUT2D eigenvalue weighted by atomic mass is 9.97. The van der Waals surface area contributed by atoms with Gasteiger partial charge in [-0.2, -0.15) is 0 Å². The molecule has 0 spiro atoms. The molecule has 12 unspecified atom stereocenters. The molecule has 2 saturated heterocycles. The summed E-state index contributed by atoms with van der Waals surface area (Å²) < 4.78 is 22.5. The average molecular weight is 776 g/mol. The Bertz CT molecular complexity index is 1010. The van der Waals surface area contributed by atoms with Crippen molar-refractivity contribution in [2.24, 2.45) is 0 Å². The van der Waals surface area contributed by atoms with Gasteiger partial charge in [-0.3, -0.25) is 4.79 Å². The highest BCUT2D eigenvalue weighted by Gasteiger charge is 2.50. The maximum atomic E-state index is 13.0. The number of unbranched alkanes of at least 4 members (excludes halogenated alkanes) is 14. The highest BCUT2D eigenvalue weighted by atomic mass is 16.7. The Morgan fingerprint density at radius 1 is 0.648 bits per heavy atom. The van der Waals surface area contributed by atoms with Gasteiger partial charge in [0.2, 0.25) is 5.91 Å². The molecular formula is C40H73NO13. The van der Waals surface area contributed by atoms with Crippen LogP contribution in [0.2, 0.25) is 0 Å². The number of hydrogen-bond donors (Lipinski definition) is 9. The van der Waals surface area contributed by atoms with E-state index in [0.29, 0.717) is 6.42 Å². The Hall–Kier alpha value is -1.53. The molecule has 54 heavy (non-hydrogen) atoms. The summed E-state index contributed by atoms with van der Waals surface area (Å²) in [6.07, 6.45) is 9.89. The van der Waals surface area contributed by atoms with Gasteiger partial charge in [-0.15, -0.1) is 0 Å². The van der Waals surface area contributed by atoms with E-state index in [0.717, 1.165) is 70.6 Å². The predicted octanol–water partition coefficient (Wildman–Crippen LogP) is 2.65. The monoisotopic (exact) mass is 776 g/mol. The first-order valence-corrected chi connectivity index (χ1v) is 20.6. The minimum absolute atomic E-state index is 0.257. The number of carbonyl (C=O) groups is 1. The first kappa shape index (κ1) is 48.6. The second kappa shape index (κ2) is 28.8. The van der Waals surface area contributed by atoms with Gasteiger partial charge >= 0.3 is 0 Å². The minimum atomic E-state index is -1.78. The van der Waals surface area contributed by atoms with E-state index in [-0.39, 0.29) is 18.9 Å². The highest BCUT2D eigenvalue weighted by Crippen LogP contribution is 2.29. The van der Waals surface area contributed by atoms with Gasteiger partial charge in [0.25, 0.3) is 0 Å². The molecule has 2 fully saturated rings. The SMILES string of the molecule is CCCCCC/C=C/C(O)C(COC1OC(CO)C(OC2OC(CO)C(O)C(O)C2O)C(O)C1O)NC(=O)CCCCCCC/C=C\CCCCCCC. The van der Waals surface area contributed by atoms with E-state index in [1.165, 1.54) is 32.1 Å². The fourth-order valence-electron chi connectivity index (χ4n) is 6.63. The lowest BCUT2D eigenvalue weighted by Gasteiger charge is -2.46. The summed E-state index contributed by atoms with van der Waals surface area (Å²) >= 11 is 0. The van der Waals surface area contributed by atoms with Gasteiger partial charge in [0.15, 0.2) is 12.6 Å². The summed E-state index contributed by atoms with van der Waals surface area (Å²) in [4.78, 5) is 13.0. The Kier molecular flexibility index (Phi) is 25.9. The molecule has 12 atom stereocenters. The largest absolute Gasteiger partial charge is 0.394 e. The Morgan fingerprint density at radius 2 is 1.17 bits per heavy atom. The molecule has 14 nitrogen and oxygen atoms in total. The van der Waals surface area contributed by atoms with Crippen LogP contribution in [-0.4, -0.2) is 140 Å². The molecule has 14 heteroatoms. The van der Waals surface area contributed by atoms with Crippen LogP contribution >= 0.6 is 0 Å². The van der Waals surface area contributed by atoms with Crippen LogP contribution in [0.3, 0.4) is 0 Å². The number of hydrogen-bond acceptors (Lipinski definition) is 13. The molecule has 0 aromatic rings. The number of ether oxygens (including phenoxy) is 4. The lowest BCUT2D eigenvalue weighted by molar-refractivity contribution is -0.359. The summed E-state index contributed by atoms with van der Waals surface area (Å²) in [5.74, 6) is -0.257. The summed E-state index contributed by atoms with van der Waals surface area (Å²) in [6, 6.07) is -0.911. The fraction of sp³-hybridized carbons (Fsp3) is 0.875. The molecule has 0 bridgehead atoms. The molecule has 0 radical (unpaired) electrons. The predicted molar refractivity (Wildman–Crippen MR) is 203 cm³/mol. The number of nitrogens with one attached hydrogen (secondary N) is 1. The molecular weight excluding hydrogens is 702 g/mol. The third-order valence-corrected chi connectivity index (χ3v) is 10.1. The van der Waals surface area contributed by atoms with E-state index in [9.17, 15) is 45.6 Å². The van der Waals surface area contributed by atoms with Gasteiger partial charge < -0.3 is 65.1 Å². The van der Waals surface area contributed by atoms with Gasteiger partial charge in [0, 0.05) is 6.42 Å². The van der Waals surface area contributed by atoms with Gasteiger partial charge in [0.05, 0.1) is 32.0 Å². The van der Waals surface area contributed by atoms with Crippen LogP contribution in [0, 0.1) is 0 Å². The number of amides is 1. The van der Waals surface area contributed by atoms with Crippen LogP contribution in [0.1, 0.15) is 129 Å².